The molecule has 0 amide bonds. The summed E-state index contributed by atoms with van der Waals surface area (Å²) in [6, 6.07) is 4.18. The molecule has 0 saturated carbocycles. The van der Waals surface area contributed by atoms with E-state index in [-0.39, 0.29) is 23.8 Å². The minimum atomic E-state index is -1.01. The van der Waals surface area contributed by atoms with Gasteiger partial charge in [-0.2, -0.15) is 0 Å². The van der Waals surface area contributed by atoms with Crippen LogP contribution in [0.3, 0.4) is 0 Å². The minimum absolute atomic E-state index is 0.167. The molecular weight excluding hydrogens is 298 g/mol. The third-order valence-corrected chi connectivity index (χ3v) is 3.72. The summed E-state index contributed by atoms with van der Waals surface area (Å²) in [5, 5.41) is 11.0. The number of hydrogen-bond donors (Lipinski definition) is 0. The third kappa shape index (κ3) is 3.33. The van der Waals surface area contributed by atoms with Crippen LogP contribution in [0.2, 0.25) is 0 Å². The van der Waals surface area contributed by atoms with Crippen LogP contribution in [0.4, 0.5) is 5.69 Å². The molecule has 0 N–H and O–H groups in total. The maximum atomic E-state index is 12.1. The average Bonchev–Trinajstić information content (AvgIpc) is 2.75. The highest BCUT2D eigenvalue weighted by Crippen LogP contribution is 2.27. The zero-order valence-corrected chi connectivity index (χ0v) is 12.2. The van der Waals surface area contributed by atoms with Crippen molar-refractivity contribution in [3.63, 3.8) is 0 Å². The summed E-state index contributed by atoms with van der Waals surface area (Å²) >= 11 is 1.34. The van der Waals surface area contributed by atoms with Crippen molar-refractivity contribution >= 4 is 29.4 Å². The van der Waals surface area contributed by atoms with Gasteiger partial charge in [-0.05, 0) is 25.3 Å². The van der Waals surface area contributed by atoms with Crippen LogP contribution in [0.1, 0.15) is 23.7 Å². The molecule has 0 unspecified atom stereocenters. The highest BCUT2D eigenvalue weighted by atomic mass is 32.2. The molecule has 21 heavy (non-hydrogen) atoms. The van der Waals surface area contributed by atoms with Gasteiger partial charge in [0.2, 0.25) is 6.10 Å². The molecule has 0 aliphatic carbocycles. The molecule has 1 aliphatic heterocycles. The van der Waals surface area contributed by atoms with Gasteiger partial charge in [0, 0.05) is 17.4 Å². The fraction of sp³-hybridized carbons (Fsp3) is 0.385. The molecule has 0 aromatic heterocycles. The number of nitro groups is 1. The first-order chi connectivity index (χ1) is 9.92. The Hall–Kier alpha value is -2.09. The van der Waals surface area contributed by atoms with E-state index in [1.807, 2.05) is 0 Å². The largest absolute Gasteiger partial charge is 0.460 e. The Morgan fingerprint density at radius 2 is 2.24 bits per heavy atom. The van der Waals surface area contributed by atoms with Crippen LogP contribution in [0.15, 0.2) is 23.1 Å². The third-order valence-electron chi connectivity index (χ3n) is 3.00. The fourth-order valence-corrected chi connectivity index (χ4v) is 2.41. The van der Waals surface area contributed by atoms with Gasteiger partial charge in [-0.1, -0.05) is 0 Å². The molecule has 2 rings (SSSR count). The first-order valence-electron chi connectivity index (χ1n) is 6.16. The molecule has 1 heterocycles. The van der Waals surface area contributed by atoms with E-state index in [9.17, 15) is 19.7 Å². The van der Waals surface area contributed by atoms with Gasteiger partial charge >= 0.3 is 11.9 Å². The van der Waals surface area contributed by atoms with Gasteiger partial charge < -0.3 is 9.47 Å². The quantitative estimate of drug-likeness (QED) is 0.364. The number of carbonyl (C=O) groups excluding carboxylic acids is 2. The van der Waals surface area contributed by atoms with Gasteiger partial charge in [0.25, 0.3) is 5.69 Å². The number of carbonyl (C=O) groups is 2. The Kier molecular flexibility index (Phi) is 4.46. The molecule has 1 saturated heterocycles. The van der Waals surface area contributed by atoms with Crippen LogP contribution in [-0.2, 0) is 14.3 Å². The molecule has 0 spiro atoms. The molecule has 1 fully saturated rings. The summed E-state index contributed by atoms with van der Waals surface area (Å²) in [6.07, 6.45) is 0.695. The fourth-order valence-electron chi connectivity index (χ4n) is 1.97. The van der Waals surface area contributed by atoms with Crippen LogP contribution < -0.4 is 0 Å². The highest BCUT2D eigenvalue weighted by molar-refractivity contribution is 7.98. The topological polar surface area (TPSA) is 95.7 Å². The molecule has 8 heteroatoms. The van der Waals surface area contributed by atoms with E-state index < -0.39 is 23.0 Å². The van der Waals surface area contributed by atoms with Crippen LogP contribution in [-0.4, -0.2) is 35.3 Å². The van der Waals surface area contributed by atoms with E-state index in [4.69, 9.17) is 9.47 Å². The van der Waals surface area contributed by atoms with Crippen LogP contribution in [0.5, 0.6) is 0 Å². The SMILES string of the molecule is CSc1ccc([N+](=O)[O-])c(C(=O)O[C@H]2C[C@@H](C)OC2=O)c1. The van der Waals surface area contributed by atoms with Crippen molar-refractivity contribution in [1.29, 1.82) is 0 Å². The van der Waals surface area contributed by atoms with E-state index in [1.54, 1.807) is 19.2 Å². The lowest BCUT2D eigenvalue weighted by Crippen LogP contribution is -2.23. The summed E-state index contributed by atoms with van der Waals surface area (Å²) in [5.74, 6) is -1.52. The summed E-state index contributed by atoms with van der Waals surface area (Å²) in [4.78, 5) is 34.6. The van der Waals surface area contributed by atoms with Crippen molar-refractivity contribution in [1.82, 2.24) is 0 Å². The summed E-state index contributed by atoms with van der Waals surface area (Å²) in [7, 11) is 0. The van der Waals surface area contributed by atoms with Crippen molar-refractivity contribution in [2.24, 2.45) is 0 Å². The number of cyclic esters (lactones) is 1. The molecule has 2 atom stereocenters. The molecule has 1 aliphatic rings. The second kappa shape index (κ2) is 6.13. The van der Waals surface area contributed by atoms with Gasteiger partial charge in [0.1, 0.15) is 11.7 Å². The molecular formula is C13H13NO6S. The predicted octanol–water partition coefficient (Wildman–Crippen LogP) is 2.18. The van der Waals surface area contributed by atoms with E-state index in [0.717, 1.165) is 0 Å². The Morgan fingerprint density at radius 1 is 1.52 bits per heavy atom. The lowest BCUT2D eigenvalue weighted by Gasteiger charge is -2.09. The average molecular weight is 311 g/mol. The number of ether oxygens (including phenoxy) is 2. The summed E-state index contributed by atoms with van der Waals surface area (Å²) < 4.78 is 9.92. The minimum Gasteiger partial charge on any atom is -0.460 e. The van der Waals surface area contributed by atoms with Gasteiger partial charge in [-0.3, -0.25) is 10.1 Å². The Balaban J connectivity index is 2.25. The van der Waals surface area contributed by atoms with Crippen molar-refractivity contribution in [2.45, 2.75) is 30.4 Å². The lowest BCUT2D eigenvalue weighted by atomic mass is 10.1. The number of benzene rings is 1. The maximum Gasteiger partial charge on any atom is 0.347 e. The Labute approximate surface area is 124 Å². The number of nitro benzene ring substituents is 1. The number of esters is 2. The van der Waals surface area contributed by atoms with Crippen molar-refractivity contribution in [3.05, 3.63) is 33.9 Å². The highest BCUT2D eigenvalue weighted by Gasteiger charge is 2.36. The van der Waals surface area contributed by atoms with Crippen molar-refractivity contribution in [3.8, 4) is 0 Å². The van der Waals surface area contributed by atoms with Gasteiger partial charge in [-0.25, -0.2) is 9.59 Å². The first kappa shape index (κ1) is 15.3. The van der Waals surface area contributed by atoms with Crippen molar-refractivity contribution < 1.29 is 24.0 Å². The van der Waals surface area contributed by atoms with E-state index in [1.165, 1.54) is 23.9 Å². The van der Waals surface area contributed by atoms with E-state index in [0.29, 0.717) is 4.90 Å². The summed E-state index contributed by atoms with van der Waals surface area (Å²) in [5.41, 5.74) is -0.517. The van der Waals surface area contributed by atoms with Gasteiger partial charge in [-0.15, -0.1) is 11.8 Å². The zero-order valence-electron chi connectivity index (χ0n) is 11.4. The normalized spacial score (nSPS) is 21.0. The molecule has 112 valence electrons. The molecule has 1 aromatic carbocycles. The summed E-state index contributed by atoms with van der Waals surface area (Å²) in [6.45, 7) is 1.68. The van der Waals surface area contributed by atoms with Crippen molar-refractivity contribution in [2.75, 3.05) is 6.26 Å². The number of thioether (sulfide) groups is 1. The Morgan fingerprint density at radius 3 is 2.76 bits per heavy atom. The number of nitrogens with zero attached hydrogens (tertiary/aromatic N) is 1. The van der Waals surface area contributed by atoms with Crippen LogP contribution in [0.25, 0.3) is 0 Å². The molecule has 7 nitrogen and oxygen atoms in total. The van der Waals surface area contributed by atoms with E-state index in [2.05, 4.69) is 0 Å². The zero-order chi connectivity index (χ0) is 15.6. The predicted molar refractivity (Wildman–Crippen MR) is 74.3 cm³/mol. The van der Waals surface area contributed by atoms with Crippen LogP contribution in [0, 0.1) is 10.1 Å². The maximum absolute atomic E-state index is 12.1. The van der Waals surface area contributed by atoms with Crippen LogP contribution >= 0.6 is 11.8 Å². The molecule has 0 bridgehead atoms. The standard InChI is InChI=1S/C13H13NO6S/c1-7-5-11(13(16)19-7)20-12(15)9-6-8(21-2)3-4-10(9)14(17)18/h3-4,6-7,11H,5H2,1-2H3/t7-,11+/m1/s1. The second-order valence-corrected chi connectivity index (χ2v) is 5.40. The smallest absolute Gasteiger partial charge is 0.347 e. The lowest BCUT2D eigenvalue weighted by molar-refractivity contribution is -0.385. The number of rotatable bonds is 4. The Bertz CT molecular complexity index is 602. The molecule has 1 aromatic rings. The molecule has 0 radical (unpaired) electrons. The first-order valence-corrected chi connectivity index (χ1v) is 7.38. The monoisotopic (exact) mass is 311 g/mol. The second-order valence-electron chi connectivity index (χ2n) is 4.52. The van der Waals surface area contributed by atoms with Gasteiger partial charge in [0.15, 0.2) is 0 Å². The number of hydrogen-bond acceptors (Lipinski definition) is 7. The van der Waals surface area contributed by atoms with Gasteiger partial charge in [0.05, 0.1) is 4.92 Å². The van der Waals surface area contributed by atoms with E-state index >= 15 is 0 Å².